The van der Waals surface area contributed by atoms with Crippen LogP contribution in [0, 0.1) is 13.8 Å². The number of nitrogens with one attached hydrogen (secondary N) is 2. The minimum atomic E-state index is 0.802. The van der Waals surface area contributed by atoms with Crippen LogP contribution in [0.15, 0.2) is 18.3 Å². The summed E-state index contributed by atoms with van der Waals surface area (Å²) in [5.41, 5.74) is 4.21. The lowest BCUT2D eigenvalue weighted by Gasteiger charge is -2.01. The Balaban J connectivity index is 2.34. The van der Waals surface area contributed by atoms with Gasteiger partial charge in [0.15, 0.2) is 0 Å². The Morgan fingerprint density at radius 1 is 1.25 bits per heavy atom. The number of aryl methyl sites for hydroxylation is 2. The quantitative estimate of drug-likeness (QED) is 0.822. The van der Waals surface area contributed by atoms with Gasteiger partial charge in [0.1, 0.15) is 5.82 Å². The smallest absolute Gasteiger partial charge is 0.137 e. The van der Waals surface area contributed by atoms with Crippen molar-refractivity contribution in [2.24, 2.45) is 0 Å². The van der Waals surface area contributed by atoms with Crippen LogP contribution in [0.3, 0.4) is 0 Å². The number of hydrogen-bond acceptors (Lipinski definition) is 3. The summed E-state index contributed by atoms with van der Waals surface area (Å²) in [6, 6.07) is 4.07. The van der Waals surface area contributed by atoms with E-state index in [0.717, 1.165) is 35.0 Å². The third kappa shape index (κ3) is 2.28. The zero-order chi connectivity index (χ0) is 11.5. The van der Waals surface area contributed by atoms with Gasteiger partial charge in [0.05, 0.1) is 0 Å². The SMILES string of the molecule is CNCc1cnc(-c2cc(C)nc(C)c2)[nH]1. The zero-order valence-electron chi connectivity index (χ0n) is 9.83. The maximum absolute atomic E-state index is 4.36. The molecule has 4 nitrogen and oxygen atoms in total. The highest BCUT2D eigenvalue weighted by Gasteiger charge is 2.04. The van der Waals surface area contributed by atoms with Crippen molar-refractivity contribution in [3.8, 4) is 11.4 Å². The van der Waals surface area contributed by atoms with Gasteiger partial charge in [-0.05, 0) is 33.0 Å². The first-order chi connectivity index (χ1) is 7.69. The van der Waals surface area contributed by atoms with Crippen LogP contribution >= 0.6 is 0 Å². The van der Waals surface area contributed by atoms with Crippen LogP contribution in [-0.4, -0.2) is 22.0 Å². The summed E-state index contributed by atoms with van der Waals surface area (Å²) in [4.78, 5) is 12.0. The molecule has 2 N–H and O–H groups in total. The second kappa shape index (κ2) is 4.45. The van der Waals surface area contributed by atoms with Gasteiger partial charge >= 0.3 is 0 Å². The van der Waals surface area contributed by atoms with Gasteiger partial charge in [-0.2, -0.15) is 0 Å². The minimum Gasteiger partial charge on any atom is -0.341 e. The molecule has 0 unspecified atom stereocenters. The molecule has 2 rings (SSSR count). The molecule has 0 spiro atoms. The average molecular weight is 216 g/mol. The fourth-order valence-electron chi connectivity index (χ4n) is 1.76. The maximum atomic E-state index is 4.36. The number of pyridine rings is 1. The summed E-state index contributed by atoms with van der Waals surface area (Å²) < 4.78 is 0. The van der Waals surface area contributed by atoms with Crippen LogP contribution in [0.25, 0.3) is 11.4 Å². The first-order valence-corrected chi connectivity index (χ1v) is 5.33. The summed E-state index contributed by atoms with van der Waals surface area (Å²) in [5, 5.41) is 3.09. The normalized spacial score (nSPS) is 10.7. The van der Waals surface area contributed by atoms with Crippen molar-refractivity contribution in [2.45, 2.75) is 20.4 Å². The van der Waals surface area contributed by atoms with E-state index in [1.54, 1.807) is 0 Å². The number of H-pyrrole nitrogens is 1. The Labute approximate surface area is 95.1 Å². The molecule has 2 aromatic heterocycles. The van der Waals surface area contributed by atoms with E-state index in [9.17, 15) is 0 Å². The van der Waals surface area contributed by atoms with Crippen LogP contribution in [0.4, 0.5) is 0 Å². The molecule has 16 heavy (non-hydrogen) atoms. The first-order valence-electron chi connectivity index (χ1n) is 5.33. The van der Waals surface area contributed by atoms with E-state index >= 15 is 0 Å². The molecule has 0 aliphatic carbocycles. The fourth-order valence-corrected chi connectivity index (χ4v) is 1.76. The molecule has 0 bridgehead atoms. The van der Waals surface area contributed by atoms with E-state index in [-0.39, 0.29) is 0 Å². The Bertz CT molecular complexity index is 467. The molecule has 0 aliphatic rings. The summed E-state index contributed by atoms with van der Waals surface area (Å²) >= 11 is 0. The van der Waals surface area contributed by atoms with Crippen molar-refractivity contribution in [1.82, 2.24) is 20.3 Å². The monoisotopic (exact) mass is 216 g/mol. The number of rotatable bonds is 3. The van der Waals surface area contributed by atoms with Crippen LogP contribution in [0.5, 0.6) is 0 Å². The van der Waals surface area contributed by atoms with E-state index in [4.69, 9.17) is 0 Å². The summed E-state index contributed by atoms with van der Waals surface area (Å²) in [6.07, 6.45) is 1.86. The largest absolute Gasteiger partial charge is 0.341 e. The lowest BCUT2D eigenvalue weighted by Crippen LogP contribution is -2.04. The van der Waals surface area contributed by atoms with E-state index in [1.807, 2.05) is 39.2 Å². The zero-order valence-corrected chi connectivity index (χ0v) is 9.83. The average Bonchev–Trinajstić information content (AvgIpc) is 2.65. The molecule has 0 saturated heterocycles. The van der Waals surface area contributed by atoms with Gasteiger partial charge in [0.25, 0.3) is 0 Å². The van der Waals surface area contributed by atoms with Gasteiger partial charge < -0.3 is 10.3 Å². The summed E-state index contributed by atoms with van der Waals surface area (Å²) in [6.45, 7) is 4.79. The van der Waals surface area contributed by atoms with Crippen molar-refractivity contribution in [3.63, 3.8) is 0 Å². The molecule has 2 heterocycles. The van der Waals surface area contributed by atoms with Crippen molar-refractivity contribution >= 4 is 0 Å². The second-order valence-corrected chi connectivity index (χ2v) is 3.93. The molecule has 84 valence electrons. The molecular weight excluding hydrogens is 200 g/mol. The lowest BCUT2D eigenvalue weighted by atomic mass is 10.2. The molecule has 0 saturated carbocycles. The molecule has 0 radical (unpaired) electrons. The Kier molecular flexibility index (Phi) is 3.01. The van der Waals surface area contributed by atoms with E-state index in [0.29, 0.717) is 0 Å². The Morgan fingerprint density at radius 3 is 2.56 bits per heavy atom. The third-order valence-electron chi connectivity index (χ3n) is 2.35. The van der Waals surface area contributed by atoms with Crippen molar-refractivity contribution < 1.29 is 0 Å². The highest BCUT2D eigenvalue weighted by Crippen LogP contribution is 2.17. The van der Waals surface area contributed by atoms with Gasteiger partial charge in [0, 0.05) is 35.4 Å². The second-order valence-electron chi connectivity index (χ2n) is 3.93. The Hall–Kier alpha value is -1.68. The van der Waals surface area contributed by atoms with E-state index < -0.39 is 0 Å². The van der Waals surface area contributed by atoms with Crippen LogP contribution in [0.2, 0.25) is 0 Å². The maximum Gasteiger partial charge on any atom is 0.137 e. The molecule has 0 atom stereocenters. The van der Waals surface area contributed by atoms with E-state index in [1.165, 1.54) is 0 Å². The van der Waals surface area contributed by atoms with Gasteiger partial charge in [-0.3, -0.25) is 4.98 Å². The van der Waals surface area contributed by atoms with Gasteiger partial charge in [-0.15, -0.1) is 0 Å². The summed E-state index contributed by atoms with van der Waals surface area (Å²) in [5.74, 6) is 0.902. The molecule has 0 aliphatic heterocycles. The highest BCUT2D eigenvalue weighted by molar-refractivity contribution is 5.56. The number of nitrogens with zero attached hydrogens (tertiary/aromatic N) is 2. The van der Waals surface area contributed by atoms with Crippen LogP contribution in [-0.2, 0) is 6.54 Å². The van der Waals surface area contributed by atoms with Gasteiger partial charge in [0.2, 0.25) is 0 Å². The minimum absolute atomic E-state index is 0.802. The molecule has 0 aromatic carbocycles. The highest BCUT2D eigenvalue weighted by atomic mass is 14.9. The number of hydrogen-bond donors (Lipinski definition) is 2. The standard InChI is InChI=1S/C12H16N4/c1-8-4-10(5-9(2)15-8)12-14-7-11(16-12)6-13-3/h4-5,7,13H,6H2,1-3H3,(H,14,16). The predicted molar refractivity (Wildman–Crippen MR) is 64.1 cm³/mol. The Morgan fingerprint density at radius 2 is 1.94 bits per heavy atom. The van der Waals surface area contributed by atoms with Crippen LogP contribution < -0.4 is 5.32 Å². The fraction of sp³-hybridized carbons (Fsp3) is 0.333. The number of imidazole rings is 1. The topological polar surface area (TPSA) is 53.6 Å². The van der Waals surface area contributed by atoms with Gasteiger partial charge in [-0.1, -0.05) is 0 Å². The summed E-state index contributed by atoms with van der Waals surface area (Å²) in [7, 11) is 1.92. The molecule has 2 aromatic rings. The van der Waals surface area contributed by atoms with Gasteiger partial charge in [-0.25, -0.2) is 4.98 Å². The number of aromatic amines is 1. The van der Waals surface area contributed by atoms with Crippen molar-refractivity contribution in [3.05, 3.63) is 35.4 Å². The predicted octanol–water partition coefficient (Wildman–Crippen LogP) is 1.81. The van der Waals surface area contributed by atoms with E-state index in [2.05, 4.69) is 20.3 Å². The van der Waals surface area contributed by atoms with Crippen LogP contribution in [0.1, 0.15) is 17.1 Å². The molecule has 0 amide bonds. The third-order valence-corrected chi connectivity index (χ3v) is 2.35. The number of aromatic nitrogens is 3. The van der Waals surface area contributed by atoms with Crippen molar-refractivity contribution in [2.75, 3.05) is 7.05 Å². The molecule has 0 fully saturated rings. The molecule has 4 heteroatoms. The molecular formula is C12H16N4. The van der Waals surface area contributed by atoms with Crippen molar-refractivity contribution in [1.29, 1.82) is 0 Å². The first kappa shape index (κ1) is 10.8. The lowest BCUT2D eigenvalue weighted by molar-refractivity contribution is 0.797.